The fraction of sp³-hybridized carbons (Fsp3) is 0.364. The van der Waals surface area contributed by atoms with Crippen LogP contribution < -0.4 is 10.6 Å². The molecule has 166 valence electrons. The largest absolute Gasteiger partial charge is 0.440 e. The molecule has 0 amide bonds. The van der Waals surface area contributed by atoms with Crippen LogP contribution in [0.1, 0.15) is 29.2 Å². The average Bonchev–Trinajstić information content (AvgIpc) is 2.66. The molecule has 1 fully saturated rings. The number of ether oxygens (including phenoxy) is 1. The van der Waals surface area contributed by atoms with Crippen molar-refractivity contribution in [3.8, 4) is 0 Å². The molecule has 0 spiro atoms. The first-order valence-corrected chi connectivity index (χ1v) is 11.4. The lowest BCUT2D eigenvalue weighted by Gasteiger charge is -2.41. The van der Waals surface area contributed by atoms with Crippen molar-refractivity contribution in [1.29, 1.82) is 5.41 Å². The monoisotopic (exact) mass is 444 g/mol. The summed E-state index contributed by atoms with van der Waals surface area (Å²) in [6, 6.07) is 10.7. The van der Waals surface area contributed by atoms with E-state index in [-0.39, 0.29) is 18.9 Å². The van der Waals surface area contributed by atoms with E-state index in [0.717, 1.165) is 11.3 Å². The Labute approximate surface area is 183 Å². The van der Waals surface area contributed by atoms with E-state index >= 15 is 0 Å². The molecule has 31 heavy (non-hydrogen) atoms. The lowest BCUT2D eigenvalue weighted by Crippen LogP contribution is -2.56. The number of hydrogen-bond donors (Lipinski definition) is 2. The molecule has 2 aromatic carbocycles. The second-order valence-electron chi connectivity index (χ2n) is 7.81. The van der Waals surface area contributed by atoms with Crippen LogP contribution >= 0.6 is 0 Å². The fourth-order valence-corrected chi connectivity index (χ4v) is 5.90. The van der Waals surface area contributed by atoms with Crippen molar-refractivity contribution in [2.45, 2.75) is 38.8 Å². The normalized spacial score (nSPS) is 17.4. The van der Waals surface area contributed by atoms with E-state index < -0.39 is 22.2 Å². The highest BCUT2D eigenvalue weighted by Crippen LogP contribution is 2.29. The molecule has 0 bridgehead atoms. The van der Waals surface area contributed by atoms with E-state index in [1.54, 1.807) is 38.1 Å². The third kappa shape index (κ3) is 4.72. The SMILES string of the molecule is CC(=O)OC1CN(S(=O)(=O)c2c(C)cc(C)cc2C)CCN1c1ccc(C(=N)N)cc1. The van der Waals surface area contributed by atoms with Gasteiger partial charge in [-0.05, 0) is 56.2 Å². The van der Waals surface area contributed by atoms with Gasteiger partial charge in [0.25, 0.3) is 0 Å². The van der Waals surface area contributed by atoms with E-state index in [2.05, 4.69) is 0 Å². The number of nitrogens with one attached hydrogen (secondary N) is 1. The number of rotatable bonds is 5. The highest BCUT2D eigenvalue weighted by molar-refractivity contribution is 7.89. The summed E-state index contributed by atoms with van der Waals surface area (Å²) in [6.45, 7) is 7.44. The molecule has 9 heteroatoms. The molecule has 0 radical (unpaired) electrons. The number of anilines is 1. The first-order chi connectivity index (χ1) is 14.5. The Kier molecular flexibility index (Phi) is 6.38. The number of piperazine rings is 1. The molecule has 0 aromatic heterocycles. The lowest BCUT2D eigenvalue weighted by atomic mass is 10.1. The summed E-state index contributed by atoms with van der Waals surface area (Å²) in [5, 5.41) is 7.53. The summed E-state index contributed by atoms with van der Waals surface area (Å²) in [6.07, 6.45) is -0.768. The smallest absolute Gasteiger partial charge is 0.304 e. The minimum absolute atomic E-state index is 0.0170. The summed E-state index contributed by atoms with van der Waals surface area (Å²) < 4.78 is 33.8. The molecule has 1 atom stereocenters. The van der Waals surface area contributed by atoms with E-state index in [4.69, 9.17) is 15.9 Å². The van der Waals surface area contributed by atoms with E-state index in [1.807, 2.05) is 24.0 Å². The molecule has 0 aliphatic carbocycles. The van der Waals surface area contributed by atoms with E-state index in [1.165, 1.54) is 11.2 Å². The maximum absolute atomic E-state index is 13.5. The fourth-order valence-electron chi connectivity index (χ4n) is 4.07. The van der Waals surface area contributed by atoms with E-state index in [0.29, 0.717) is 28.1 Å². The zero-order valence-electron chi connectivity index (χ0n) is 18.2. The molecular formula is C22H28N4O4S. The van der Waals surface area contributed by atoms with Crippen molar-refractivity contribution in [3.05, 3.63) is 58.7 Å². The Morgan fingerprint density at radius 1 is 1.10 bits per heavy atom. The summed E-state index contributed by atoms with van der Waals surface area (Å²) >= 11 is 0. The van der Waals surface area contributed by atoms with Crippen molar-refractivity contribution < 1.29 is 17.9 Å². The standard InChI is InChI=1S/C22H28N4O4S/c1-14-11-15(2)21(16(3)12-14)31(28,29)25-9-10-26(20(13-25)30-17(4)27)19-7-5-18(6-8-19)22(23)24/h5-8,11-12,20H,9-10,13H2,1-4H3,(H3,23,24). The van der Waals surface area contributed by atoms with Gasteiger partial charge < -0.3 is 15.4 Å². The number of aryl methyl sites for hydroxylation is 3. The summed E-state index contributed by atoms with van der Waals surface area (Å²) in [4.78, 5) is 13.9. The topological polar surface area (TPSA) is 117 Å². The van der Waals surface area contributed by atoms with Crippen LogP contribution in [0, 0.1) is 26.2 Å². The van der Waals surface area contributed by atoms with Gasteiger partial charge in [-0.3, -0.25) is 10.2 Å². The highest BCUT2D eigenvalue weighted by Gasteiger charge is 2.37. The minimum Gasteiger partial charge on any atom is -0.440 e. The van der Waals surface area contributed by atoms with Crippen molar-refractivity contribution in [2.75, 3.05) is 24.5 Å². The van der Waals surface area contributed by atoms with Gasteiger partial charge in [0, 0.05) is 31.3 Å². The second-order valence-corrected chi connectivity index (χ2v) is 9.68. The first-order valence-electron chi connectivity index (χ1n) is 9.97. The summed E-state index contributed by atoms with van der Waals surface area (Å²) in [5.41, 5.74) is 9.26. The number of nitrogens with zero attached hydrogens (tertiary/aromatic N) is 2. The summed E-state index contributed by atoms with van der Waals surface area (Å²) in [7, 11) is -3.76. The van der Waals surface area contributed by atoms with Crippen LogP contribution in [0.5, 0.6) is 0 Å². The Bertz CT molecular complexity index is 1090. The number of nitrogens with two attached hydrogens (primary N) is 1. The van der Waals surface area contributed by atoms with Crippen molar-refractivity contribution in [1.82, 2.24) is 4.31 Å². The number of carbonyl (C=O) groups excluding carboxylic acids is 1. The zero-order valence-corrected chi connectivity index (χ0v) is 19.0. The van der Waals surface area contributed by atoms with Gasteiger partial charge in [-0.1, -0.05) is 17.7 Å². The predicted molar refractivity (Wildman–Crippen MR) is 120 cm³/mol. The molecule has 1 saturated heterocycles. The van der Waals surface area contributed by atoms with Gasteiger partial charge in [0.15, 0.2) is 6.23 Å². The van der Waals surface area contributed by atoms with Gasteiger partial charge in [0.2, 0.25) is 10.0 Å². The molecule has 1 heterocycles. The zero-order chi connectivity index (χ0) is 22.9. The molecular weight excluding hydrogens is 416 g/mol. The maximum Gasteiger partial charge on any atom is 0.304 e. The molecule has 1 aliphatic heterocycles. The number of amidine groups is 1. The van der Waals surface area contributed by atoms with Crippen LogP contribution in [-0.4, -0.2) is 50.4 Å². The van der Waals surface area contributed by atoms with Crippen LogP contribution in [-0.2, 0) is 19.6 Å². The van der Waals surface area contributed by atoms with Gasteiger partial charge >= 0.3 is 5.97 Å². The Balaban J connectivity index is 1.92. The van der Waals surface area contributed by atoms with Crippen LogP contribution in [0.4, 0.5) is 5.69 Å². The molecule has 2 aromatic rings. The van der Waals surface area contributed by atoms with Crippen molar-refractivity contribution in [2.24, 2.45) is 5.73 Å². The number of benzene rings is 2. The van der Waals surface area contributed by atoms with Gasteiger partial charge in [0.1, 0.15) is 5.84 Å². The Morgan fingerprint density at radius 2 is 1.68 bits per heavy atom. The minimum atomic E-state index is -3.76. The van der Waals surface area contributed by atoms with Crippen LogP contribution in [0.15, 0.2) is 41.3 Å². The van der Waals surface area contributed by atoms with Crippen LogP contribution in [0.3, 0.4) is 0 Å². The van der Waals surface area contributed by atoms with Crippen LogP contribution in [0.25, 0.3) is 0 Å². The lowest BCUT2D eigenvalue weighted by molar-refractivity contribution is -0.147. The molecule has 3 rings (SSSR count). The van der Waals surface area contributed by atoms with Gasteiger partial charge in [-0.15, -0.1) is 0 Å². The molecule has 1 aliphatic rings. The third-order valence-electron chi connectivity index (χ3n) is 5.31. The number of nitrogen functional groups attached to an aromatic ring is 1. The van der Waals surface area contributed by atoms with Gasteiger partial charge in [0.05, 0.1) is 11.4 Å². The second kappa shape index (κ2) is 8.68. The molecule has 1 unspecified atom stereocenters. The van der Waals surface area contributed by atoms with E-state index in [9.17, 15) is 13.2 Å². The molecule has 0 saturated carbocycles. The van der Waals surface area contributed by atoms with Crippen LogP contribution in [0.2, 0.25) is 0 Å². The predicted octanol–water partition coefficient (Wildman–Crippen LogP) is 2.30. The third-order valence-corrected chi connectivity index (χ3v) is 7.48. The number of hydrogen-bond acceptors (Lipinski definition) is 6. The molecule has 3 N–H and O–H groups in total. The quantitative estimate of drug-likeness (QED) is 0.415. The number of esters is 1. The number of carbonyl (C=O) groups is 1. The van der Waals surface area contributed by atoms with Crippen molar-refractivity contribution in [3.63, 3.8) is 0 Å². The average molecular weight is 445 g/mol. The number of sulfonamides is 1. The Hall–Kier alpha value is -2.91. The van der Waals surface area contributed by atoms with Gasteiger partial charge in [-0.2, -0.15) is 4.31 Å². The molecule has 8 nitrogen and oxygen atoms in total. The highest BCUT2D eigenvalue weighted by atomic mass is 32.2. The van der Waals surface area contributed by atoms with Crippen molar-refractivity contribution >= 4 is 27.5 Å². The van der Waals surface area contributed by atoms with Gasteiger partial charge in [-0.25, -0.2) is 8.42 Å². The maximum atomic E-state index is 13.5. The Morgan fingerprint density at radius 3 is 2.19 bits per heavy atom. The first kappa shape index (κ1) is 22.8. The summed E-state index contributed by atoms with van der Waals surface area (Å²) in [5.74, 6) is -0.528.